The number of nitrogens with one attached hydrogen (secondary N) is 1. The Morgan fingerprint density at radius 3 is 2.79 bits per heavy atom. The van der Waals surface area contributed by atoms with Crippen LogP contribution in [0.15, 0.2) is 39.0 Å². The van der Waals surface area contributed by atoms with Crippen molar-refractivity contribution >= 4 is 66.2 Å². The summed E-state index contributed by atoms with van der Waals surface area (Å²) in [6.07, 6.45) is 1.61. The van der Waals surface area contributed by atoms with Crippen LogP contribution in [0.5, 0.6) is 0 Å². The zero-order valence-electron chi connectivity index (χ0n) is 15.8. The molecular weight excluding hydrogens is 441 g/mol. The number of aromatic nitrogens is 4. The van der Waals surface area contributed by atoms with Crippen LogP contribution in [-0.2, 0) is 0 Å². The lowest BCUT2D eigenvalue weighted by Gasteiger charge is -2.11. The number of hydrogen-bond acceptors (Lipinski definition) is 8. The molecule has 0 fully saturated rings. The molecule has 1 atom stereocenters. The minimum Gasteiger partial charge on any atom is -0.309 e. The van der Waals surface area contributed by atoms with Gasteiger partial charge in [-0.25, -0.2) is 15.0 Å². The molecule has 0 saturated carbocycles. The second-order valence-electron chi connectivity index (χ2n) is 6.66. The summed E-state index contributed by atoms with van der Waals surface area (Å²) in [5.41, 5.74) is 2.09. The van der Waals surface area contributed by atoms with E-state index in [0.717, 1.165) is 30.5 Å². The average Bonchev–Trinajstić information content (AvgIpc) is 3.42. The van der Waals surface area contributed by atoms with Gasteiger partial charge in [-0.1, -0.05) is 17.8 Å². The fourth-order valence-corrected chi connectivity index (χ4v) is 7.10. The van der Waals surface area contributed by atoms with Gasteiger partial charge in [0, 0.05) is 26.1 Å². The first-order valence-corrected chi connectivity index (χ1v) is 12.4. The van der Waals surface area contributed by atoms with E-state index in [1.54, 1.807) is 40.8 Å². The predicted octanol–water partition coefficient (Wildman–Crippen LogP) is 6.19. The SMILES string of the molecule is Cc1sc2ncnc(SC(C)c3nc4scc(-c5cccs5)c4c(=O)[nH]3)c2c1C. The lowest BCUT2D eigenvalue weighted by atomic mass is 10.2. The van der Waals surface area contributed by atoms with Crippen LogP contribution in [0.25, 0.3) is 30.9 Å². The molecule has 5 aromatic heterocycles. The van der Waals surface area contributed by atoms with E-state index in [2.05, 4.69) is 28.8 Å². The van der Waals surface area contributed by atoms with Gasteiger partial charge in [0.25, 0.3) is 5.56 Å². The molecule has 0 spiro atoms. The van der Waals surface area contributed by atoms with Crippen molar-refractivity contribution in [1.29, 1.82) is 0 Å². The molecule has 5 nitrogen and oxygen atoms in total. The summed E-state index contributed by atoms with van der Waals surface area (Å²) in [4.78, 5) is 33.7. The summed E-state index contributed by atoms with van der Waals surface area (Å²) in [6, 6.07) is 4.03. The molecule has 5 rings (SSSR count). The number of aromatic amines is 1. The van der Waals surface area contributed by atoms with Gasteiger partial charge in [0.2, 0.25) is 0 Å². The highest BCUT2D eigenvalue weighted by molar-refractivity contribution is 7.99. The van der Waals surface area contributed by atoms with Crippen LogP contribution in [-0.4, -0.2) is 19.9 Å². The first kappa shape index (κ1) is 18.9. The van der Waals surface area contributed by atoms with Crippen LogP contribution in [0.2, 0.25) is 0 Å². The summed E-state index contributed by atoms with van der Waals surface area (Å²) >= 11 is 6.44. The molecule has 1 unspecified atom stereocenters. The molecule has 9 heteroatoms. The largest absolute Gasteiger partial charge is 0.309 e. The molecule has 0 radical (unpaired) electrons. The number of nitrogens with zero attached hydrogens (tertiary/aromatic N) is 3. The summed E-state index contributed by atoms with van der Waals surface area (Å²) < 4.78 is 0. The minimum absolute atomic E-state index is 0.0444. The molecule has 0 aliphatic carbocycles. The van der Waals surface area contributed by atoms with E-state index >= 15 is 0 Å². The van der Waals surface area contributed by atoms with Crippen LogP contribution < -0.4 is 5.56 Å². The Hall–Kier alpha value is -2.07. The number of thiophene rings is 3. The molecule has 0 aliphatic heterocycles. The molecule has 5 aromatic rings. The molecule has 1 N–H and O–H groups in total. The van der Waals surface area contributed by atoms with Crippen molar-refractivity contribution in [1.82, 2.24) is 19.9 Å². The number of fused-ring (bicyclic) bond motifs is 2. The van der Waals surface area contributed by atoms with Gasteiger partial charge in [-0.05, 0) is 37.8 Å². The average molecular weight is 457 g/mol. The first-order valence-electron chi connectivity index (χ1n) is 8.95. The Labute approximate surface area is 182 Å². The Morgan fingerprint density at radius 2 is 2.00 bits per heavy atom. The maximum atomic E-state index is 12.9. The molecule has 0 aliphatic rings. The summed E-state index contributed by atoms with van der Waals surface area (Å²) in [5, 5.41) is 6.70. The van der Waals surface area contributed by atoms with Crippen molar-refractivity contribution in [3.8, 4) is 10.4 Å². The Morgan fingerprint density at radius 1 is 1.14 bits per heavy atom. The highest BCUT2D eigenvalue weighted by atomic mass is 32.2. The van der Waals surface area contributed by atoms with E-state index in [1.165, 1.54) is 21.8 Å². The second kappa shape index (κ2) is 7.32. The Bertz CT molecular complexity index is 1400. The van der Waals surface area contributed by atoms with Crippen LogP contribution in [0.4, 0.5) is 0 Å². The van der Waals surface area contributed by atoms with E-state index in [-0.39, 0.29) is 10.8 Å². The topological polar surface area (TPSA) is 71.5 Å². The Balaban J connectivity index is 1.54. The highest BCUT2D eigenvalue weighted by Gasteiger charge is 2.20. The van der Waals surface area contributed by atoms with E-state index in [4.69, 9.17) is 4.98 Å². The summed E-state index contributed by atoms with van der Waals surface area (Å²) in [6.45, 7) is 6.26. The Kier molecular flexibility index (Phi) is 4.78. The third-order valence-corrected chi connectivity index (χ3v) is 8.85. The molecule has 29 heavy (non-hydrogen) atoms. The van der Waals surface area contributed by atoms with Crippen molar-refractivity contribution in [3.63, 3.8) is 0 Å². The van der Waals surface area contributed by atoms with Gasteiger partial charge in [0.15, 0.2) is 0 Å². The van der Waals surface area contributed by atoms with Crippen LogP contribution >= 0.6 is 45.8 Å². The smallest absolute Gasteiger partial charge is 0.260 e. The normalized spacial score (nSPS) is 12.8. The maximum Gasteiger partial charge on any atom is 0.260 e. The number of thioether (sulfide) groups is 1. The van der Waals surface area contributed by atoms with Crippen molar-refractivity contribution in [2.45, 2.75) is 31.0 Å². The number of aryl methyl sites for hydroxylation is 2. The van der Waals surface area contributed by atoms with E-state index < -0.39 is 0 Å². The fraction of sp³-hybridized carbons (Fsp3) is 0.200. The quantitative estimate of drug-likeness (QED) is 0.258. The number of rotatable bonds is 4. The van der Waals surface area contributed by atoms with Crippen LogP contribution in [0, 0.1) is 13.8 Å². The second-order valence-corrected chi connectivity index (χ2v) is 11.0. The monoisotopic (exact) mass is 456 g/mol. The van der Waals surface area contributed by atoms with Gasteiger partial charge >= 0.3 is 0 Å². The third kappa shape index (κ3) is 3.22. The van der Waals surface area contributed by atoms with Crippen molar-refractivity contribution < 1.29 is 0 Å². The highest BCUT2D eigenvalue weighted by Crippen LogP contribution is 2.40. The van der Waals surface area contributed by atoms with Crippen molar-refractivity contribution in [2.24, 2.45) is 0 Å². The maximum absolute atomic E-state index is 12.9. The standard InChI is InChI=1S/C20H16N4OS4/c1-9-10(2)28-18-14(9)19(22-8-21-18)29-11(3)16-23-17(25)15-12(7-27-20(15)24-16)13-5-4-6-26-13/h4-8,11H,1-3H3,(H,23,24,25). The zero-order chi connectivity index (χ0) is 20.1. The number of H-pyrrole nitrogens is 1. The molecule has 5 heterocycles. The predicted molar refractivity (Wildman–Crippen MR) is 125 cm³/mol. The van der Waals surface area contributed by atoms with Gasteiger partial charge in [0.1, 0.15) is 26.8 Å². The van der Waals surface area contributed by atoms with E-state index in [0.29, 0.717) is 11.2 Å². The first-order chi connectivity index (χ1) is 14.0. The summed E-state index contributed by atoms with van der Waals surface area (Å²) in [7, 11) is 0. The lowest BCUT2D eigenvalue weighted by Crippen LogP contribution is -2.12. The van der Waals surface area contributed by atoms with Gasteiger partial charge in [-0.15, -0.1) is 34.0 Å². The van der Waals surface area contributed by atoms with Crippen molar-refractivity contribution in [3.05, 3.63) is 55.8 Å². The minimum atomic E-state index is -0.0857. The number of hydrogen-bond donors (Lipinski definition) is 1. The molecule has 0 saturated heterocycles. The molecule has 146 valence electrons. The third-order valence-electron chi connectivity index (χ3n) is 4.85. The van der Waals surface area contributed by atoms with Gasteiger partial charge in [-0.3, -0.25) is 4.79 Å². The van der Waals surface area contributed by atoms with Gasteiger partial charge in [0.05, 0.1) is 10.6 Å². The van der Waals surface area contributed by atoms with E-state index in [9.17, 15) is 4.79 Å². The molecule has 0 bridgehead atoms. The van der Waals surface area contributed by atoms with Gasteiger partial charge in [-0.2, -0.15) is 0 Å². The lowest BCUT2D eigenvalue weighted by molar-refractivity contribution is 0.922. The molecular formula is C20H16N4OS4. The zero-order valence-corrected chi connectivity index (χ0v) is 19.1. The van der Waals surface area contributed by atoms with E-state index in [1.807, 2.05) is 29.8 Å². The van der Waals surface area contributed by atoms with Crippen molar-refractivity contribution in [2.75, 3.05) is 0 Å². The van der Waals surface area contributed by atoms with Crippen LogP contribution in [0.3, 0.4) is 0 Å². The molecule has 0 amide bonds. The molecule has 0 aromatic carbocycles. The van der Waals surface area contributed by atoms with Crippen LogP contribution in [0.1, 0.15) is 28.4 Å². The van der Waals surface area contributed by atoms with Gasteiger partial charge < -0.3 is 4.98 Å². The fourth-order valence-electron chi connectivity index (χ4n) is 3.23. The summed E-state index contributed by atoms with van der Waals surface area (Å²) in [5.74, 6) is 0.670.